The number of halogens is 2. The summed E-state index contributed by atoms with van der Waals surface area (Å²) in [5, 5.41) is 3.66. The second-order valence-electron chi connectivity index (χ2n) is 4.05. The van der Waals surface area contributed by atoms with E-state index in [2.05, 4.69) is 5.32 Å². The number of benzene rings is 2. The maximum Gasteiger partial charge on any atom is 0.124 e. The van der Waals surface area contributed by atoms with E-state index in [-0.39, 0.29) is 5.82 Å². The summed E-state index contributed by atoms with van der Waals surface area (Å²) in [6.07, 6.45) is 0. The first kappa shape index (κ1) is 13.7. The van der Waals surface area contributed by atoms with Crippen LogP contribution in [0.15, 0.2) is 42.5 Å². The van der Waals surface area contributed by atoms with Crippen molar-refractivity contribution >= 4 is 17.3 Å². The molecular weight excluding hydrogens is 265 g/mol. The van der Waals surface area contributed by atoms with Crippen molar-refractivity contribution in [1.82, 2.24) is 0 Å². The van der Waals surface area contributed by atoms with Gasteiger partial charge in [-0.25, -0.2) is 4.39 Å². The quantitative estimate of drug-likeness (QED) is 0.871. The second-order valence-corrected chi connectivity index (χ2v) is 4.46. The summed E-state index contributed by atoms with van der Waals surface area (Å²) in [4.78, 5) is 0. The Hall–Kier alpha value is -1.74. The monoisotopic (exact) mass is 279 g/mol. The van der Waals surface area contributed by atoms with Gasteiger partial charge in [-0.2, -0.15) is 0 Å². The van der Waals surface area contributed by atoms with Crippen molar-refractivity contribution in [2.75, 3.05) is 11.9 Å². The largest absolute Gasteiger partial charge is 0.494 e. The van der Waals surface area contributed by atoms with Gasteiger partial charge in [0.1, 0.15) is 11.6 Å². The van der Waals surface area contributed by atoms with Crippen LogP contribution in [0.4, 0.5) is 10.1 Å². The van der Waals surface area contributed by atoms with Crippen molar-refractivity contribution in [3.8, 4) is 5.75 Å². The molecule has 0 amide bonds. The molecule has 0 aliphatic heterocycles. The average Bonchev–Trinajstić information content (AvgIpc) is 2.38. The molecule has 19 heavy (non-hydrogen) atoms. The van der Waals surface area contributed by atoms with Crippen LogP contribution in [0.3, 0.4) is 0 Å². The summed E-state index contributed by atoms with van der Waals surface area (Å²) >= 11 is 5.97. The Bertz CT molecular complexity index is 560. The van der Waals surface area contributed by atoms with Gasteiger partial charge in [0.15, 0.2) is 0 Å². The van der Waals surface area contributed by atoms with Crippen LogP contribution in [0.1, 0.15) is 12.5 Å². The predicted octanol–water partition coefficient (Wildman–Crippen LogP) is 4.49. The molecule has 0 radical (unpaired) electrons. The molecule has 2 nitrogen and oxygen atoms in total. The van der Waals surface area contributed by atoms with Crippen LogP contribution in [0.2, 0.25) is 5.02 Å². The Morgan fingerprint density at radius 2 is 2.05 bits per heavy atom. The highest BCUT2D eigenvalue weighted by atomic mass is 35.5. The lowest BCUT2D eigenvalue weighted by Gasteiger charge is -2.10. The fourth-order valence-electron chi connectivity index (χ4n) is 1.72. The van der Waals surface area contributed by atoms with Crippen molar-refractivity contribution < 1.29 is 9.13 Å². The minimum Gasteiger partial charge on any atom is -0.494 e. The number of hydrogen-bond donors (Lipinski definition) is 1. The minimum atomic E-state index is -0.327. The van der Waals surface area contributed by atoms with Gasteiger partial charge >= 0.3 is 0 Å². The zero-order chi connectivity index (χ0) is 13.7. The molecule has 0 fully saturated rings. The predicted molar refractivity (Wildman–Crippen MR) is 76.3 cm³/mol. The highest BCUT2D eigenvalue weighted by Crippen LogP contribution is 2.21. The molecule has 0 atom stereocenters. The van der Waals surface area contributed by atoms with Gasteiger partial charge in [0.25, 0.3) is 0 Å². The van der Waals surface area contributed by atoms with Gasteiger partial charge < -0.3 is 10.1 Å². The van der Waals surface area contributed by atoms with E-state index >= 15 is 0 Å². The SMILES string of the molecule is CCOc1cccc(NCc2ccc(F)cc2Cl)c1. The van der Waals surface area contributed by atoms with Crippen LogP contribution in [0, 0.1) is 5.82 Å². The molecule has 0 saturated heterocycles. The van der Waals surface area contributed by atoms with E-state index in [1.807, 2.05) is 31.2 Å². The maximum absolute atomic E-state index is 12.9. The van der Waals surface area contributed by atoms with Gasteiger partial charge in [0.05, 0.1) is 6.61 Å². The highest BCUT2D eigenvalue weighted by molar-refractivity contribution is 6.31. The topological polar surface area (TPSA) is 21.3 Å². The summed E-state index contributed by atoms with van der Waals surface area (Å²) in [5.74, 6) is 0.491. The summed E-state index contributed by atoms with van der Waals surface area (Å²) in [6.45, 7) is 3.11. The van der Waals surface area contributed by atoms with E-state index in [0.29, 0.717) is 18.2 Å². The first-order valence-electron chi connectivity index (χ1n) is 6.09. The third kappa shape index (κ3) is 3.86. The second kappa shape index (κ2) is 6.43. The molecule has 0 unspecified atom stereocenters. The lowest BCUT2D eigenvalue weighted by molar-refractivity contribution is 0.340. The van der Waals surface area contributed by atoms with Gasteiger partial charge in [-0.05, 0) is 36.8 Å². The van der Waals surface area contributed by atoms with Gasteiger partial charge in [-0.1, -0.05) is 23.7 Å². The first-order chi connectivity index (χ1) is 9.19. The zero-order valence-electron chi connectivity index (χ0n) is 10.6. The molecule has 2 rings (SSSR count). The molecular formula is C15H15ClFNO. The molecule has 2 aromatic carbocycles. The molecule has 1 N–H and O–H groups in total. The number of rotatable bonds is 5. The Balaban J connectivity index is 2.03. The summed E-state index contributed by atoms with van der Waals surface area (Å²) in [5.41, 5.74) is 1.79. The third-order valence-corrected chi connectivity index (χ3v) is 2.99. The number of anilines is 1. The van der Waals surface area contributed by atoms with Crippen molar-refractivity contribution in [3.63, 3.8) is 0 Å². The van der Waals surface area contributed by atoms with Crippen LogP contribution in [-0.4, -0.2) is 6.61 Å². The van der Waals surface area contributed by atoms with E-state index < -0.39 is 0 Å². The maximum atomic E-state index is 12.9. The number of nitrogens with one attached hydrogen (secondary N) is 1. The van der Waals surface area contributed by atoms with Crippen molar-refractivity contribution in [3.05, 3.63) is 58.9 Å². The van der Waals surface area contributed by atoms with Crippen molar-refractivity contribution in [2.45, 2.75) is 13.5 Å². The molecule has 0 spiro atoms. The fourth-order valence-corrected chi connectivity index (χ4v) is 1.96. The lowest BCUT2D eigenvalue weighted by Crippen LogP contribution is -2.01. The summed E-state index contributed by atoms with van der Waals surface area (Å²) < 4.78 is 18.3. The molecule has 0 aliphatic carbocycles. The number of ether oxygens (including phenoxy) is 1. The molecule has 0 heterocycles. The first-order valence-corrected chi connectivity index (χ1v) is 6.47. The molecule has 0 bridgehead atoms. The van der Waals surface area contributed by atoms with E-state index in [9.17, 15) is 4.39 Å². The van der Waals surface area contributed by atoms with Crippen LogP contribution in [-0.2, 0) is 6.54 Å². The molecule has 0 saturated carbocycles. The third-order valence-electron chi connectivity index (χ3n) is 2.64. The molecule has 0 aliphatic rings. The van der Waals surface area contributed by atoms with E-state index in [4.69, 9.17) is 16.3 Å². The number of hydrogen-bond acceptors (Lipinski definition) is 2. The van der Waals surface area contributed by atoms with E-state index in [1.165, 1.54) is 12.1 Å². The molecule has 2 aromatic rings. The highest BCUT2D eigenvalue weighted by Gasteiger charge is 2.02. The van der Waals surface area contributed by atoms with Crippen LogP contribution >= 0.6 is 11.6 Å². The lowest BCUT2D eigenvalue weighted by atomic mass is 10.2. The Labute approximate surface area is 117 Å². The standard InChI is InChI=1S/C15H15ClFNO/c1-2-19-14-5-3-4-13(9-14)18-10-11-6-7-12(17)8-15(11)16/h3-9,18H,2,10H2,1H3. The van der Waals surface area contributed by atoms with Gasteiger partial charge in [0.2, 0.25) is 0 Å². The van der Waals surface area contributed by atoms with Crippen LogP contribution in [0.25, 0.3) is 0 Å². The van der Waals surface area contributed by atoms with E-state index in [0.717, 1.165) is 17.0 Å². The molecule has 4 heteroatoms. The van der Waals surface area contributed by atoms with Crippen LogP contribution < -0.4 is 10.1 Å². The average molecular weight is 280 g/mol. The van der Waals surface area contributed by atoms with E-state index in [1.54, 1.807) is 6.07 Å². The van der Waals surface area contributed by atoms with Gasteiger partial charge in [-0.15, -0.1) is 0 Å². The normalized spacial score (nSPS) is 10.3. The Morgan fingerprint density at radius 1 is 1.21 bits per heavy atom. The summed E-state index contributed by atoms with van der Waals surface area (Å²) in [6, 6.07) is 12.1. The minimum absolute atomic E-state index is 0.327. The smallest absolute Gasteiger partial charge is 0.124 e. The molecule has 100 valence electrons. The van der Waals surface area contributed by atoms with Crippen molar-refractivity contribution in [1.29, 1.82) is 0 Å². The molecule has 0 aromatic heterocycles. The van der Waals surface area contributed by atoms with Crippen molar-refractivity contribution in [2.24, 2.45) is 0 Å². The Kier molecular flexibility index (Phi) is 4.63. The van der Waals surface area contributed by atoms with Crippen LogP contribution in [0.5, 0.6) is 5.75 Å². The Morgan fingerprint density at radius 3 is 2.79 bits per heavy atom. The summed E-state index contributed by atoms with van der Waals surface area (Å²) in [7, 11) is 0. The van der Waals surface area contributed by atoms with Gasteiger partial charge in [0, 0.05) is 23.3 Å². The fraction of sp³-hybridized carbons (Fsp3) is 0.200. The zero-order valence-corrected chi connectivity index (χ0v) is 11.4. The van der Waals surface area contributed by atoms with Gasteiger partial charge in [-0.3, -0.25) is 0 Å².